The molecule has 29 heavy (non-hydrogen) atoms. The number of rotatable bonds is 6. The van der Waals surface area contributed by atoms with E-state index < -0.39 is 23.4 Å². The van der Waals surface area contributed by atoms with Crippen molar-refractivity contribution in [1.82, 2.24) is 9.88 Å². The average Bonchev–Trinajstić information content (AvgIpc) is 2.70. The number of hydrogen-bond donors (Lipinski definition) is 0. The summed E-state index contributed by atoms with van der Waals surface area (Å²) in [5.74, 6) is -2.08. The highest BCUT2D eigenvalue weighted by Gasteiger charge is 2.21. The van der Waals surface area contributed by atoms with Gasteiger partial charge >= 0.3 is 0 Å². The highest BCUT2D eigenvalue weighted by atomic mass is 19.1. The lowest BCUT2D eigenvalue weighted by molar-refractivity contribution is 0.371. The van der Waals surface area contributed by atoms with Gasteiger partial charge in [0, 0.05) is 12.1 Å². The van der Waals surface area contributed by atoms with Crippen molar-refractivity contribution in [2.75, 3.05) is 14.1 Å². The minimum atomic E-state index is -0.932. The summed E-state index contributed by atoms with van der Waals surface area (Å²) in [5.41, 5.74) is 1.04. The van der Waals surface area contributed by atoms with Gasteiger partial charge in [0.1, 0.15) is 11.5 Å². The van der Waals surface area contributed by atoms with Crippen molar-refractivity contribution in [3.63, 3.8) is 0 Å². The van der Waals surface area contributed by atoms with Gasteiger partial charge in [0.05, 0.1) is 11.6 Å². The van der Waals surface area contributed by atoms with Crippen LogP contribution in [0.5, 0.6) is 23.3 Å². The van der Waals surface area contributed by atoms with Crippen molar-refractivity contribution < 1.29 is 18.3 Å². The van der Waals surface area contributed by atoms with Crippen LogP contribution in [0, 0.1) is 29.9 Å². The van der Waals surface area contributed by atoms with Gasteiger partial charge in [-0.2, -0.15) is 10.2 Å². The number of halogens is 2. The third-order valence-electron chi connectivity index (χ3n) is 4.03. The van der Waals surface area contributed by atoms with E-state index in [0.717, 1.165) is 5.56 Å². The Morgan fingerprint density at radius 1 is 0.966 bits per heavy atom. The first-order valence-corrected chi connectivity index (χ1v) is 8.82. The molecule has 1 aromatic heterocycles. The Morgan fingerprint density at radius 2 is 1.55 bits per heavy atom. The molecule has 0 amide bonds. The predicted molar refractivity (Wildman–Crippen MR) is 104 cm³/mol. The minimum absolute atomic E-state index is 0.209. The molecule has 1 heterocycles. The molecule has 0 saturated carbocycles. The zero-order valence-corrected chi connectivity index (χ0v) is 16.2. The molecule has 0 unspecified atom stereocenters. The van der Waals surface area contributed by atoms with E-state index in [4.69, 9.17) is 14.7 Å². The molecule has 0 atom stereocenters. The van der Waals surface area contributed by atoms with E-state index >= 15 is 0 Å². The van der Waals surface area contributed by atoms with Gasteiger partial charge in [-0.05, 0) is 56.9 Å². The summed E-state index contributed by atoms with van der Waals surface area (Å²) in [6.07, 6.45) is 0. The second-order valence-corrected chi connectivity index (χ2v) is 6.70. The van der Waals surface area contributed by atoms with Crippen LogP contribution in [0.3, 0.4) is 0 Å². The van der Waals surface area contributed by atoms with Gasteiger partial charge in [0.15, 0.2) is 11.6 Å². The molecule has 5 nitrogen and oxygen atoms in total. The number of pyridine rings is 1. The molecule has 0 N–H and O–H groups in total. The monoisotopic (exact) mass is 395 g/mol. The van der Waals surface area contributed by atoms with Crippen LogP contribution in [-0.4, -0.2) is 24.0 Å². The Morgan fingerprint density at radius 3 is 2.14 bits per heavy atom. The number of nitrogens with zero attached hydrogens (tertiary/aromatic N) is 3. The summed E-state index contributed by atoms with van der Waals surface area (Å²) >= 11 is 0. The van der Waals surface area contributed by atoms with Crippen molar-refractivity contribution >= 4 is 0 Å². The van der Waals surface area contributed by atoms with Gasteiger partial charge in [0.25, 0.3) is 11.8 Å². The largest absolute Gasteiger partial charge is 0.436 e. The van der Waals surface area contributed by atoms with E-state index in [1.165, 1.54) is 13.0 Å². The van der Waals surface area contributed by atoms with Crippen molar-refractivity contribution in [3.05, 3.63) is 76.9 Å². The lowest BCUT2D eigenvalue weighted by Crippen LogP contribution is -2.10. The fourth-order valence-corrected chi connectivity index (χ4v) is 2.67. The minimum Gasteiger partial charge on any atom is -0.436 e. The molecule has 3 aromatic rings. The van der Waals surface area contributed by atoms with Gasteiger partial charge in [-0.3, -0.25) is 0 Å². The second kappa shape index (κ2) is 8.67. The fraction of sp³-hybridized carbons (Fsp3) is 0.182. The summed E-state index contributed by atoms with van der Waals surface area (Å²) < 4.78 is 40.1. The lowest BCUT2D eigenvalue weighted by atomic mass is 10.2. The molecule has 0 saturated heterocycles. The van der Waals surface area contributed by atoms with E-state index in [1.807, 2.05) is 31.1 Å². The van der Waals surface area contributed by atoms with E-state index in [9.17, 15) is 8.78 Å². The third kappa shape index (κ3) is 4.86. The van der Waals surface area contributed by atoms with Gasteiger partial charge in [-0.25, -0.2) is 8.78 Å². The number of aromatic nitrogens is 1. The quantitative estimate of drug-likeness (QED) is 0.575. The predicted octanol–water partition coefficient (Wildman–Crippen LogP) is 5.19. The number of hydrogen-bond acceptors (Lipinski definition) is 5. The summed E-state index contributed by atoms with van der Waals surface area (Å²) in [6, 6.07) is 15.3. The van der Waals surface area contributed by atoms with Gasteiger partial charge in [0.2, 0.25) is 0 Å². The van der Waals surface area contributed by atoms with Gasteiger partial charge in [-0.1, -0.05) is 18.2 Å². The van der Waals surface area contributed by atoms with Crippen LogP contribution in [0.4, 0.5) is 8.78 Å². The number of ether oxygens (including phenoxy) is 2. The highest BCUT2D eigenvalue weighted by molar-refractivity contribution is 5.41. The standard InChI is InChI=1S/C22H19F2N3O2/c1-14-19(23)21(28-17-8-4-6-15(10-17)12-25)26-22(20(14)24)29-18-9-5-7-16(11-18)13-27(2)3/h4-11H,13H2,1-3H3. The van der Waals surface area contributed by atoms with Crippen LogP contribution in [-0.2, 0) is 6.54 Å². The van der Waals surface area contributed by atoms with E-state index in [1.54, 1.807) is 36.4 Å². The molecule has 0 fully saturated rings. The van der Waals surface area contributed by atoms with E-state index in [2.05, 4.69) is 4.98 Å². The zero-order valence-electron chi connectivity index (χ0n) is 16.2. The Kier molecular flexibility index (Phi) is 6.05. The van der Waals surface area contributed by atoms with Crippen molar-refractivity contribution in [1.29, 1.82) is 5.26 Å². The summed E-state index contributed by atoms with van der Waals surface area (Å²) in [7, 11) is 3.87. The Bertz CT molecular complexity index is 1080. The molecule has 0 spiro atoms. The average molecular weight is 395 g/mol. The van der Waals surface area contributed by atoms with Crippen LogP contribution in [0.2, 0.25) is 0 Å². The maximum atomic E-state index is 14.6. The van der Waals surface area contributed by atoms with Crippen LogP contribution >= 0.6 is 0 Å². The zero-order chi connectivity index (χ0) is 21.0. The summed E-state index contributed by atoms with van der Waals surface area (Å²) in [5, 5.41) is 8.98. The smallest absolute Gasteiger partial charge is 0.259 e. The molecule has 2 aromatic carbocycles. The van der Waals surface area contributed by atoms with Crippen molar-refractivity contribution in [3.8, 4) is 29.3 Å². The van der Waals surface area contributed by atoms with Crippen LogP contribution < -0.4 is 9.47 Å². The van der Waals surface area contributed by atoms with Crippen molar-refractivity contribution in [2.45, 2.75) is 13.5 Å². The lowest BCUT2D eigenvalue weighted by Gasteiger charge is -2.14. The Labute approximate surface area is 167 Å². The summed E-state index contributed by atoms with van der Waals surface area (Å²) in [4.78, 5) is 5.87. The number of benzene rings is 2. The fourth-order valence-electron chi connectivity index (χ4n) is 2.67. The molecule has 148 valence electrons. The first kappa shape index (κ1) is 20.2. The summed E-state index contributed by atoms with van der Waals surface area (Å²) in [6.45, 7) is 1.96. The van der Waals surface area contributed by atoms with E-state index in [-0.39, 0.29) is 11.3 Å². The topological polar surface area (TPSA) is 58.4 Å². The molecular weight excluding hydrogens is 376 g/mol. The normalized spacial score (nSPS) is 10.7. The molecule has 0 radical (unpaired) electrons. The molecule has 7 heteroatoms. The molecule has 0 bridgehead atoms. The van der Waals surface area contributed by atoms with Crippen LogP contribution in [0.25, 0.3) is 0 Å². The first-order valence-electron chi connectivity index (χ1n) is 8.82. The Balaban J connectivity index is 1.93. The number of nitriles is 1. The molecule has 0 aliphatic carbocycles. The maximum Gasteiger partial charge on any atom is 0.259 e. The van der Waals surface area contributed by atoms with Crippen LogP contribution in [0.1, 0.15) is 16.7 Å². The SMILES string of the molecule is Cc1c(F)c(Oc2cccc(C#N)c2)nc(Oc2cccc(CN(C)C)c2)c1F. The maximum absolute atomic E-state index is 14.6. The van der Waals surface area contributed by atoms with Crippen molar-refractivity contribution in [2.24, 2.45) is 0 Å². The second-order valence-electron chi connectivity index (χ2n) is 6.70. The van der Waals surface area contributed by atoms with Gasteiger partial charge < -0.3 is 14.4 Å². The van der Waals surface area contributed by atoms with Gasteiger partial charge in [-0.15, -0.1) is 0 Å². The molecule has 0 aliphatic heterocycles. The molecular formula is C22H19F2N3O2. The molecule has 3 rings (SSSR count). The third-order valence-corrected chi connectivity index (χ3v) is 4.03. The molecule has 0 aliphatic rings. The highest BCUT2D eigenvalue weighted by Crippen LogP contribution is 2.33. The van der Waals surface area contributed by atoms with Crippen LogP contribution in [0.15, 0.2) is 48.5 Å². The van der Waals surface area contributed by atoms with E-state index in [0.29, 0.717) is 17.9 Å². The first-order chi connectivity index (χ1) is 13.9. The Hall–Kier alpha value is -3.50.